The molecule has 0 N–H and O–H groups in total. The van der Waals surface area contributed by atoms with Crippen molar-refractivity contribution in [1.82, 2.24) is 9.80 Å². The van der Waals surface area contributed by atoms with Gasteiger partial charge in [-0.3, -0.25) is 9.59 Å². The molecule has 0 radical (unpaired) electrons. The molecule has 2 saturated heterocycles. The second-order valence-corrected chi connectivity index (χ2v) is 8.47. The van der Waals surface area contributed by atoms with E-state index in [2.05, 4.69) is 24.3 Å². The van der Waals surface area contributed by atoms with Gasteiger partial charge in [0.2, 0.25) is 11.8 Å². The van der Waals surface area contributed by atoms with Gasteiger partial charge in [-0.2, -0.15) is 0 Å². The van der Waals surface area contributed by atoms with Crippen LogP contribution in [0.5, 0.6) is 0 Å². The van der Waals surface area contributed by atoms with Crippen molar-refractivity contribution < 1.29 is 14.0 Å². The molecular formula is C25H29FN2O2. The molecule has 0 aromatic heterocycles. The van der Waals surface area contributed by atoms with Gasteiger partial charge in [0.15, 0.2) is 0 Å². The predicted octanol–water partition coefficient (Wildman–Crippen LogP) is 4.01. The molecule has 2 aliphatic heterocycles. The van der Waals surface area contributed by atoms with E-state index in [0.29, 0.717) is 19.0 Å². The van der Waals surface area contributed by atoms with Crippen molar-refractivity contribution in [2.24, 2.45) is 5.92 Å². The molecule has 2 aromatic rings. The maximum atomic E-state index is 13.0. The third-order valence-electron chi connectivity index (χ3n) is 6.54. The molecule has 30 heavy (non-hydrogen) atoms. The summed E-state index contributed by atoms with van der Waals surface area (Å²) in [6.45, 7) is 2.89. The number of rotatable bonds is 4. The lowest BCUT2D eigenvalue weighted by atomic mass is 9.88. The molecule has 158 valence electrons. The first kappa shape index (κ1) is 20.6. The summed E-state index contributed by atoms with van der Waals surface area (Å²) in [6.07, 6.45) is 3.78. The van der Waals surface area contributed by atoms with Gasteiger partial charge in [-0.25, -0.2) is 4.39 Å². The number of hydrogen-bond donors (Lipinski definition) is 0. The number of nitrogens with zero attached hydrogens (tertiary/aromatic N) is 2. The molecule has 2 heterocycles. The maximum absolute atomic E-state index is 13.0. The maximum Gasteiger partial charge on any atom is 0.226 e. The summed E-state index contributed by atoms with van der Waals surface area (Å²) in [5.41, 5.74) is 2.19. The highest BCUT2D eigenvalue weighted by Gasteiger charge is 2.32. The molecule has 0 spiro atoms. The molecule has 5 heteroatoms. The van der Waals surface area contributed by atoms with Crippen LogP contribution in [0.2, 0.25) is 0 Å². The molecule has 0 unspecified atom stereocenters. The lowest BCUT2D eigenvalue weighted by molar-refractivity contribution is -0.141. The first-order chi connectivity index (χ1) is 14.6. The predicted molar refractivity (Wildman–Crippen MR) is 114 cm³/mol. The molecule has 0 aliphatic carbocycles. The van der Waals surface area contributed by atoms with E-state index >= 15 is 0 Å². The highest BCUT2D eigenvalue weighted by Crippen LogP contribution is 2.29. The van der Waals surface area contributed by atoms with E-state index in [1.807, 2.05) is 15.9 Å². The summed E-state index contributed by atoms with van der Waals surface area (Å²) < 4.78 is 13.0. The summed E-state index contributed by atoms with van der Waals surface area (Å²) in [7, 11) is 0. The molecule has 0 bridgehead atoms. The molecule has 2 amide bonds. The van der Waals surface area contributed by atoms with Crippen molar-refractivity contribution in [1.29, 1.82) is 0 Å². The minimum absolute atomic E-state index is 0.0214. The number of carbonyl (C=O) groups is 2. The van der Waals surface area contributed by atoms with Crippen LogP contribution < -0.4 is 0 Å². The Balaban J connectivity index is 1.23. The topological polar surface area (TPSA) is 40.6 Å². The van der Waals surface area contributed by atoms with Crippen LogP contribution in [0.1, 0.15) is 42.7 Å². The molecule has 4 nitrogen and oxygen atoms in total. The largest absolute Gasteiger partial charge is 0.342 e. The number of halogens is 1. The quantitative estimate of drug-likeness (QED) is 0.767. The molecule has 0 saturated carbocycles. The SMILES string of the molecule is O=C(Cc1ccc(F)cc1)N1CCC(C(=O)N2CCC(c3ccccc3)CC2)CC1. The zero-order valence-electron chi connectivity index (χ0n) is 17.3. The number of piperidine rings is 2. The fourth-order valence-electron chi connectivity index (χ4n) is 4.68. The third kappa shape index (κ3) is 4.89. The summed E-state index contributed by atoms with van der Waals surface area (Å²) in [6, 6.07) is 16.6. The van der Waals surface area contributed by atoms with E-state index in [-0.39, 0.29) is 30.0 Å². The van der Waals surface area contributed by atoms with E-state index in [0.717, 1.165) is 44.3 Å². The minimum atomic E-state index is -0.293. The van der Waals surface area contributed by atoms with Gasteiger partial charge in [0, 0.05) is 32.1 Å². The van der Waals surface area contributed by atoms with Gasteiger partial charge in [0.25, 0.3) is 0 Å². The van der Waals surface area contributed by atoms with E-state index in [9.17, 15) is 14.0 Å². The van der Waals surface area contributed by atoms with Crippen molar-refractivity contribution in [2.45, 2.75) is 38.0 Å². The van der Waals surface area contributed by atoms with Gasteiger partial charge in [-0.05, 0) is 54.9 Å². The van der Waals surface area contributed by atoms with E-state index < -0.39 is 0 Å². The van der Waals surface area contributed by atoms with Crippen LogP contribution in [0, 0.1) is 11.7 Å². The number of amides is 2. The molecule has 2 aliphatic rings. The molecule has 0 atom stereocenters. The summed E-state index contributed by atoms with van der Waals surface area (Å²) >= 11 is 0. The lowest BCUT2D eigenvalue weighted by Gasteiger charge is -2.37. The van der Waals surface area contributed by atoms with Crippen LogP contribution in [0.3, 0.4) is 0 Å². The molecular weight excluding hydrogens is 379 g/mol. The van der Waals surface area contributed by atoms with Crippen LogP contribution in [0.25, 0.3) is 0 Å². The number of carbonyl (C=O) groups excluding carboxylic acids is 2. The Hall–Kier alpha value is -2.69. The average Bonchev–Trinajstić information content (AvgIpc) is 2.81. The lowest BCUT2D eigenvalue weighted by Crippen LogP contribution is -2.46. The highest BCUT2D eigenvalue weighted by molar-refractivity contribution is 5.81. The Morgan fingerprint density at radius 3 is 2.03 bits per heavy atom. The minimum Gasteiger partial charge on any atom is -0.342 e. The van der Waals surface area contributed by atoms with Gasteiger partial charge in [-0.15, -0.1) is 0 Å². The van der Waals surface area contributed by atoms with E-state index in [1.54, 1.807) is 12.1 Å². The first-order valence-corrected chi connectivity index (χ1v) is 11.0. The Kier molecular flexibility index (Phi) is 6.46. The van der Waals surface area contributed by atoms with Crippen LogP contribution in [0.15, 0.2) is 54.6 Å². The second kappa shape index (κ2) is 9.41. The van der Waals surface area contributed by atoms with Crippen molar-refractivity contribution in [3.05, 3.63) is 71.5 Å². The van der Waals surface area contributed by atoms with Gasteiger partial charge in [0.05, 0.1) is 6.42 Å². The van der Waals surface area contributed by atoms with Crippen molar-refractivity contribution >= 4 is 11.8 Å². The summed E-state index contributed by atoms with van der Waals surface area (Å²) in [5.74, 6) is 0.580. The summed E-state index contributed by atoms with van der Waals surface area (Å²) in [5, 5.41) is 0. The van der Waals surface area contributed by atoms with Crippen LogP contribution in [0.4, 0.5) is 4.39 Å². The van der Waals surface area contributed by atoms with Crippen LogP contribution in [-0.2, 0) is 16.0 Å². The van der Waals surface area contributed by atoms with Crippen molar-refractivity contribution in [3.63, 3.8) is 0 Å². The Morgan fingerprint density at radius 2 is 1.40 bits per heavy atom. The molecule has 2 fully saturated rings. The fourth-order valence-corrected chi connectivity index (χ4v) is 4.68. The smallest absolute Gasteiger partial charge is 0.226 e. The Morgan fingerprint density at radius 1 is 0.800 bits per heavy atom. The van der Waals surface area contributed by atoms with Gasteiger partial charge in [-0.1, -0.05) is 42.5 Å². The van der Waals surface area contributed by atoms with Crippen LogP contribution >= 0.6 is 0 Å². The van der Waals surface area contributed by atoms with Gasteiger partial charge >= 0.3 is 0 Å². The van der Waals surface area contributed by atoms with E-state index in [4.69, 9.17) is 0 Å². The van der Waals surface area contributed by atoms with Crippen molar-refractivity contribution in [3.8, 4) is 0 Å². The standard InChI is InChI=1S/C25H29FN2O2/c26-23-8-6-19(7-9-23)18-24(29)27-14-12-22(13-15-27)25(30)28-16-10-21(11-17-28)20-4-2-1-3-5-20/h1-9,21-22H,10-18H2. The molecule has 4 rings (SSSR count). The zero-order chi connectivity index (χ0) is 20.9. The van der Waals surface area contributed by atoms with Gasteiger partial charge < -0.3 is 9.80 Å². The zero-order valence-corrected chi connectivity index (χ0v) is 17.3. The van der Waals surface area contributed by atoms with Crippen LogP contribution in [-0.4, -0.2) is 47.8 Å². The fraction of sp³-hybridized carbons (Fsp3) is 0.440. The Bertz CT molecular complexity index is 852. The monoisotopic (exact) mass is 408 g/mol. The number of benzene rings is 2. The highest BCUT2D eigenvalue weighted by atomic mass is 19.1. The summed E-state index contributed by atoms with van der Waals surface area (Å²) in [4.78, 5) is 29.4. The molecule has 2 aromatic carbocycles. The first-order valence-electron chi connectivity index (χ1n) is 11.0. The second-order valence-electron chi connectivity index (χ2n) is 8.47. The Labute approximate surface area is 177 Å². The average molecular weight is 409 g/mol. The van der Waals surface area contributed by atoms with Gasteiger partial charge in [0.1, 0.15) is 5.82 Å². The van der Waals surface area contributed by atoms with E-state index in [1.165, 1.54) is 17.7 Å². The third-order valence-corrected chi connectivity index (χ3v) is 6.54. The number of hydrogen-bond acceptors (Lipinski definition) is 2. The normalized spacial score (nSPS) is 18.4. The van der Waals surface area contributed by atoms with Crippen molar-refractivity contribution in [2.75, 3.05) is 26.2 Å². The number of likely N-dealkylation sites (tertiary alicyclic amines) is 2.